The lowest BCUT2D eigenvalue weighted by molar-refractivity contribution is -0.141. The Bertz CT molecular complexity index is 1110. The Kier molecular flexibility index (Phi) is 9.30. The van der Waals surface area contributed by atoms with Crippen LogP contribution in [-0.2, 0) is 26.2 Å². The second-order valence-electron chi connectivity index (χ2n) is 9.39. The highest BCUT2D eigenvalue weighted by molar-refractivity contribution is 9.10. The Morgan fingerprint density at radius 3 is 2.15 bits per heavy atom. The summed E-state index contributed by atoms with van der Waals surface area (Å²) in [6.45, 7) is 9.20. The molecule has 2 amide bonds. The number of rotatable bonds is 9. The maximum absolute atomic E-state index is 13.7. The number of amides is 2. The lowest BCUT2D eigenvalue weighted by Crippen LogP contribution is -2.55. The molecule has 0 aliphatic carbocycles. The molecule has 0 saturated heterocycles. The minimum atomic E-state index is -3.77. The fourth-order valence-corrected chi connectivity index (χ4v) is 4.99. The van der Waals surface area contributed by atoms with Crippen molar-refractivity contribution in [3.05, 3.63) is 64.1 Å². The number of hydrogen-bond donors (Lipinski definition) is 1. The van der Waals surface area contributed by atoms with Gasteiger partial charge in [0.25, 0.3) is 0 Å². The molecule has 0 aliphatic rings. The van der Waals surface area contributed by atoms with Gasteiger partial charge in [0, 0.05) is 16.6 Å². The second kappa shape index (κ2) is 11.4. The Morgan fingerprint density at radius 2 is 1.65 bits per heavy atom. The largest absolute Gasteiger partial charge is 0.350 e. The van der Waals surface area contributed by atoms with Gasteiger partial charge in [0.1, 0.15) is 12.6 Å². The number of halogens is 1. The van der Waals surface area contributed by atoms with E-state index in [1.165, 1.54) is 4.90 Å². The van der Waals surface area contributed by atoms with Gasteiger partial charge in [0.15, 0.2) is 0 Å². The quantitative estimate of drug-likeness (QED) is 0.504. The smallest absolute Gasteiger partial charge is 0.244 e. The first-order chi connectivity index (χ1) is 15.7. The molecule has 0 aliphatic heterocycles. The van der Waals surface area contributed by atoms with Gasteiger partial charge in [-0.15, -0.1) is 0 Å². The van der Waals surface area contributed by atoms with Gasteiger partial charge in [-0.2, -0.15) is 0 Å². The van der Waals surface area contributed by atoms with Crippen molar-refractivity contribution in [2.45, 2.75) is 59.2 Å². The van der Waals surface area contributed by atoms with E-state index in [4.69, 9.17) is 0 Å². The van der Waals surface area contributed by atoms with Gasteiger partial charge >= 0.3 is 0 Å². The zero-order chi connectivity index (χ0) is 25.7. The standard InChI is InChI=1S/C25H34BrN3O4S/c1-7-21(24(31)27-25(3,4)5)28(16-19-14-12-18(2)13-15-19)23(30)17-29(34(6,32)33)22-11-9-8-10-20(22)26/h8-15,21H,7,16-17H2,1-6H3,(H,27,31)/t21-/m1/s1. The molecule has 2 rings (SSSR count). The Labute approximate surface area is 211 Å². The van der Waals surface area contributed by atoms with Crippen LogP contribution in [0.4, 0.5) is 5.69 Å². The molecule has 34 heavy (non-hydrogen) atoms. The highest BCUT2D eigenvalue weighted by atomic mass is 79.9. The van der Waals surface area contributed by atoms with Gasteiger partial charge in [-0.1, -0.05) is 48.9 Å². The first-order valence-electron chi connectivity index (χ1n) is 11.1. The summed E-state index contributed by atoms with van der Waals surface area (Å²) in [4.78, 5) is 28.3. The average molecular weight is 553 g/mol. The van der Waals surface area contributed by atoms with E-state index >= 15 is 0 Å². The normalized spacial score (nSPS) is 12.7. The van der Waals surface area contributed by atoms with E-state index in [-0.39, 0.29) is 12.5 Å². The van der Waals surface area contributed by atoms with Crippen LogP contribution in [0.25, 0.3) is 0 Å². The van der Waals surface area contributed by atoms with E-state index in [1.54, 1.807) is 24.3 Å². The van der Waals surface area contributed by atoms with Crippen LogP contribution in [0.2, 0.25) is 0 Å². The number of aryl methyl sites for hydroxylation is 1. The van der Waals surface area contributed by atoms with Gasteiger partial charge in [-0.3, -0.25) is 13.9 Å². The van der Waals surface area contributed by atoms with Crippen molar-refractivity contribution in [3.63, 3.8) is 0 Å². The summed E-state index contributed by atoms with van der Waals surface area (Å²) in [6.07, 6.45) is 1.45. The minimum Gasteiger partial charge on any atom is -0.350 e. The number of anilines is 1. The van der Waals surface area contributed by atoms with E-state index in [0.29, 0.717) is 16.6 Å². The summed E-state index contributed by atoms with van der Waals surface area (Å²) in [5.41, 5.74) is 1.82. The van der Waals surface area contributed by atoms with Gasteiger partial charge in [0.05, 0.1) is 11.9 Å². The third-order valence-electron chi connectivity index (χ3n) is 5.16. The molecule has 1 atom stereocenters. The van der Waals surface area contributed by atoms with Crippen LogP contribution < -0.4 is 9.62 Å². The molecule has 0 aromatic heterocycles. The van der Waals surface area contributed by atoms with Crippen LogP contribution >= 0.6 is 15.9 Å². The zero-order valence-corrected chi connectivity index (χ0v) is 23.0. The number of carbonyl (C=O) groups excluding carboxylic acids is 2. The summed E-state index contributed by atoms with van der Waals surface area (Å²) in [5.74, 6) is -0.736. The lowest BCUT2D eigenvalue weighted by atomic mass is 10.1. The van der Waals surface area contributed by atoms with Gasteiger partial charge in [0.2, 0.25) is 21.8 Å². The predicted molar refractivity (Wildman–Crippen MR) is 140 cm³/mol. The number of carbonyl (C=O) groups is 2. The van der Waals surface area contributed by atoms with Gasteiger partial charge < -0.3 is 10.2 Å². The SMILES string of the molecule is CC[C@H](C(=O)NC(C)(C)C)N(Cc1ccc(C)cc1)C(=O)CN(c1ccccc1Br)S(C)(=O)=O. The molecule has 186 valence electrons. The molecule has 0 bridgehead atoms. The number of sulfonamides is 1. The Balaban J connectivity index is 2.46. The molecule has 0 saturated carbocycles. The molecule has 0 unspecified atom stereocenters. The van der Waals surface area contributed by atoms with Crippen molar-refractivity contribution >= 4 is 43.5 Å². The van der Waals surface area contributed by atoms with Crippen molar-refractivity contribution < 1.29 is 18.0 Å². The Hall–Kier alpha value is -2.39. The monoisotopic (exact) mass is 551 g/mol. The molecular formula is C25H34BrN3O4S. The number of nitrogens with zero attached hydrogens (tertiary/aromatic N) is 2. The third kappa shape index (κ3) is 7.84. The summed E-state index contributed by atoms with van der Waals surface area (Å²) >= 11 is 3.38. The van der Waals surface area contributed by atoms with Crippen molar-refractivity contribution in [2.24, 2.45) is 0 Å². The third-order valence-corrected chi connectivity index (χ3v) is 6.96. The van der Waals surface area contributed by atoms with E-state index < -0.39 is 34.1 Å². The first kappa shape index (κ1) is 27.9. The maximum Gasteiger partial charge on any atom is 0.244 e. The second-order valence-corrected chi connectivity index (χ2v) is 12.2. The topological polar surface area (TPSA) is 86.8 Å². The molecule has 7 nitrogen and oxygen atoms in total. The van der Waals surface area contributed by atoms with Crippen LogP contribution in [0.15, 0.2) is 53.0 Å². The number of nitrogens with one attached hydrogen (secondary N) is 1. The maximum atomic E-state index is 13.7. The van der Waals surface area contributed by atoms with E-state index in [0.717, 1.165) is 21.7 Å². The molecule has 9 heteroatoms. The van der Waals surface area contributed by atoms with Crippen molar-refractivity contribution in [1.29, 1.82) is 0 Å². The van der Waals surface area contributed by atoms with Crippen LogP contribution in [0, 0.1) is 6.92 Å². The zero-order valence-electron chi connectivity index (χ0n) is 20.6. The van der Waals surface area contributed by atoms with Crippen LogP contribution in [-0.4, -0.2) is 49.5 Å². The average Bonchev–Trinajstić information content (AvgIpc) is 2.71. The molecule has 0 radical (unpaired) electrons. The van der Waals surface area contributed by atoms with Crippen LogP contribution in [0.5, 0.6) is 0 Å². The summed E-state index contributed by atoms with van der Waals surface area (Å²) in [5, 5.41) is 2.95. The molecule has 0 spiro atoms. The van der Waals surface area contributed by atoms with Crippen LogP contribution in [0.1, 0.15) is 45.2 Å². The molecule has 2 aromatic rings. The van der Waals surface area contributed by atoms with E-state index in [1.807, 2.05) is 58.9 Å². The Morgan fingerprint density at radius 1 is 1.06 bits per heavy atom. The summed E-state index contributed by atoms with van der Waals surface area (Å²) in [7, 11) is -3.77. The fraction of sp³-hybridized carbons (Fsp3) is 0.440. The highest BCUT2D eigenvalue weighted by Crippen LogP contribution is 2.28. The van der Waals surface area contributed by atoms with Crippen LogP contribution in [0.3, 0.4) is 0 Å². The number of benzene rings is 2. The molecular weight excluding hydrogens is 518 g/mol. The predicted octanol–water partition coefficient (Wildman–Crippen LogP) is 4.25. The molecule has 0 fully saturated rings. The minimum absolute atomic E-state index is 0.183. The van der Waals surface area contributed by atoms with E-state index in [2.05, 4.69) is 21.2 Å². The summed E-state index contributed by atoms with van der Waals surface area (Å²) < 4.78 is 26.9. The van der Waals surface area contributed by atoms with Crippen molar-refractivity contribution in [2.75, 3.05) is 17.1 Å². The van der Waals surface area contributed by atoms with Crippen molar-refractivity contribution in [3.8, 4) is 0 Å². The summed E-state index contributed by atoms with van der Waals surface area (Å²) in [6, 6.07) is 13.8. The molecule has 1 N–H and O–H groups in total. The number of para-hydroxylation sites is 1. The van der Waals surface area contributed by atoms with E-state index in [9.17, 15) is 18.0 Å². The molecule has 0 heterocycles. The number of hydrogen-bond acceptors (Lipinski definition) is 4. The van der Waals surface area contributed by atoms with Crippen molar-refractivity contribution in [1.82, 2.24) is 10.2 Å². The molecule has 2 aromatic carbocycles. The lowest BCUT2D eigenvalue weighted by Gasteiger charge is -2.34. The fourth-order valence-electron chi connectivity index (χ4n) is 3.51. The first-order valence-corrected chi connectivity index (χ1v) is 13.8. The van der Waals surface area contributed by atoms with Gasteiger partial charge in [-0.05, 0) is 67.7 Å². The highest BCUT2D eigenvalue weighted by Gasteiger charge is 2.33. The van der Waals surface area contributed by atoms with Gasteiger partial charge in [-0.25, -0.2) is 8.42 Å².